The molecule has 1 heterocycles. The summed E-state index contributed by atoms with van der Waals surface area (Å²) in [5.41, 5.74) is 1.52. The second-order valence-corrected chi connectivity index (χ2v) is 6.20. The average Bonchev–Trinajstić information content (AvgIpc) is 2.46. The molecule has 0 aromatic heterocycles. The number of piperazine rings is 1. The Bertz CT molecular complexity index is 537. The molecule has 4 nitrogen and oxygen atoms in total. The van der Waals surface area contributed by atoms with Gasteiger partial charge in [0.1, 0.15) is 5.60 Å². The van der Waals surface area contributed by atoms with Crippen molar-refractivity contribution in [1.82, 2.24) is 10.2 Å². The first kappa shape index (κ1) is 15.4. The number of nitrogens with zero attached hydrogens (tertiary/aromatic N) is 1. The Labute approximate surface area is 126 Å². The normalized spacial score (nSPS) is 19.0. The van der Waals surface area contributed by atoms with E-state index in [4.69, 9.17) is 11.2 Å². The summed E-state index contributed by atoms with van der Waals surface area (Å²) in [6.07, 6.45) is 5.11. The molecule has 1 N–H and O–H groups in total. The van der Waals surface area contributed by atoms with Crippen LogP contribution in [0, 0.1) is 12.3 Å². The summed E-state index contributed by atoms with van der Waals surface area (Å²) >= 11 is 0. The van der Waals surface area contributed by atoms with Crippen LogP contribution < -0.4 is 5.32 Å². The minimum atomic E-state index is -0.466. The molecule has 1 fully saturated rings. The first-order valence-corrected chi connectivity index (χ1v) is 7.17. The number of benzene rings is 1. The zero-order valence-electron chi connectivity index (χ0n) is 12.8. The number of nitrogens with one attached hydrogen (secondary N) is 1. The molecule has 0 bridgehead atoms. The lowest BCUT2D eigenvalue weighted by Gasteiger charge is -2.35. The minimum absolute atomic E-state index is 0.109. The van der Waals surface area contributed by atoms with Crippen molar-refractivity contribution in [3.63, 3.8) is 0 Å². The molecule has 0 saturated carbocycles. The number of hydrogen-bond donors (Lipinski definition) is 1. The van der Waals surface area contributed by atoms with Gasteiger partial charge < -0.3 is 15.0 Å². The molecule has 1 amide bonds. The van der Waals surface area contributed by atoms with Gasteiger partial charge in [0.25, 0.3) is 0 Å². The number of amides is 1. The molecule has 1 aromatic rings. The smallest absolute Gasteiger partial charge is 0.410 e. The highest BCUT2D eigenvalue weighted by molar-refractivity contribution is 5.68. The van der Waals surface area contributed by atoms with E-state index >= 15 is 0 Å². The monoisotopic (exact) mass is 286 g/mol. The van der Waals surface area contributed by atoms with Crippen LogP contribution in [0.2, 0.25) is 0 Å². The van der Waals surface area contributed by atoms with Crippen LogP contribution in [0.15, 0.2) is 24.3 Å². The van der Waals surface area contributed by atoms with Gasteiger partial charge in [-0.25, -0.2) is 4.79 Å². The van der Waals surface area contributed by atoms with Crippen LogP contribution in [-0.2, 0) is 4.74 Å². The average molecular weight is 286 g/mol. The zero-order chi connectivity index (χ0) is 15.5. The van der Waals surface area contributed by atoms with Gasteiger partial charge in [0.15, 0.2) is 0 Å². The van der Waals surface area contributed by atoms with E-state index in [1.807, 2.05) is 45.0 Å². The van der Waals surface area contributed by atoms with Gasteiger partial charge in [0.05, 0.1) is 6.04 Å². The molecule has 21 heavy (non-hydrogen) atoms. The molecule has 1 aromatic carbocycles. The molecule has 112 valence electrons. The number of ether oxygens (including phenoxy) is 1. The van der Waals surface area contributed by atoms with Gasteiger partial charge in [-0.15, -0.1) is 6.42 Å². The molecule has 1 aliphatic heterocycles. The molecule has 0 radical (unpaired) electrons. The fourth-order valence-electron chi connectivity index (χ4n) is 2.28. The summed E-state index contributed by atoms with van der Waals surface area (Å²) in [6, 6.07) is 7.96. The van der Waals surface area contributed by atoms with E-state index in [0.29, 0.717) is 13.1 Å². The predicted molar refractivity (Wildman–Crippen MR) is 82.9 cm³/mol. The van der Waals surface area contributed by atoms with Crippen LogP contribution in [0.5, 0.6) is 0 Å². The number of carbonyl (C=O) groups excluding carboxylic acids is 1. The van der Waals surface area contributed by atoms with Crippen molar-refractivity contribution in [3.05, 3.63) is 35.4 Å². The molecule has 0 spiro atoms. The Morgan fingerprint density at radius 1 is 1.38 bits per heavy atom. The van der Waals surface area contributed by atoms with Gasteiger partial charge in [-0.3, -0.25) is 0 Å². The zero-order valence-corrected chi connectivity index (χ0v) is 12.8. The number of terminal acetylenes is 1. The second-order valence-electron chi connectivity index (χ2n) is 6.20. The standard InChI is InChI=1S/C17H22N2O2/c1-5-13-6-8-14(9-7-13)15-12-19(11-10-18-15)16(20)21-17(2,3)4/h1,6-9,15,18H,10-12H2,2-4H3. The van der Waals surface area contributed by atoms with Crippen molar-refractivity contribution < 1.29 is 9.53 Å². The van der Waals surface area contributed by atoms with E-state index in [2.05, 4.69) is 11.2 Å². The highest BCUT2D eigenvalue weighted by Gasteiger charge is 2.27. The van der Waals surface area contributed by atoms with Crippen molar-refractivity contribution >= 4 is 6.09 Å². The van der Waals surface area contributed by atoms with E-state index in [1.165, 1.54) is 0 Å². The van der Waals surface area contributed by atoms with Crippen molar-refractivity contribution in [2.24, 2.45) is 0 Å². The molecule has 2 rings (SSSR count). The van der Waals surface area contributed by atoms with Crippen molar-refractivity contribution in [1.29, 1.82) is 0 Å². The van der Waals surface area contributed by atoms with Crippen molar-refractivity contribution in [2.75, 3.05) is 19.6 Å². The van der Waals surface area contributed by atoms with Gasteiger partial charge in [-0.2, -0.15) is 0 Å². The maximum atomic E-state index is 12.1. The fraction of sp³-hybridized carbons (Fsp3) is 0.471. The maximum Gasteiger partial charge on any atom is 0.410 e. The molecule has 4 heteroatoms. The van der Waals surface area contributed by atoms with Gasteiger partial charge in [0, 0.05) is 25.2 Å². The summed E-state index contributed by atoms with van der Waals surface area (Å²) in [4.78, 5) is 13.9. The van der Waals surface area contributed by atoms with E-state index in [-0.39, 0.29) is 12.1 Å². The molecule has 1 aliphatic rings. The fourth-order valence-corrected chi connectivity index (χ4v) is 2.28. The van der Waals surface area contributed by atoms with Crippen LogP contribution >= 0.6 is 0 Å². The third-order valence-corrected chi connectivity index (χ3v) is 3.31. The highest BCUT2D eigenvalue weighted by atomic mass is 16.6. The Balaban J connectivity index is 2.03. The summed E-state index contributed by atoms with van der Waals surface area (Å²) in [7, 11) is 0. The summed E-state index contributed by atoms with van der Waals surface area (Å²) in [6.45, 7) is 7.65. The first-order chi connectivity index (χ1) is 9.89. The maximum absolute atomic E-state index is 12.1. The number of carbonyl (C=O) groups is 1. The molecule has 1 unspecified atom stereocenters. The Kier molecular flexibility index (Phi) is 4.54. The van der Waals surface area contributed by atoms with E-state index in [1.54, 1.807) is 4.90 Å². The minimum Gasteiger partial charge on any atom is -0.444 e. The van der Waals surface area contributed by atoms with E-state index < -0.39 is 5.60 Å². The van der Waals surface area contributed by atoms with Gasteiger partial charge in [-0.05, 0) is 38.5 Å². The number of hydrogen-bond acceptors (Lipinski definition) is 3. The first-order valence-electron chi connectivity index (χ1n) is 7.17. The molecule has 1 saturated heterocycles. The molecule has 0 aliphatic carbocycles. The van der Waals surface area contributed by atoms with Crippen LogP contribution in [0.25, 0.3) is 0 Å². The van der Waals surface area contributed by atoms with Crippen molar-refractivity contribution in [3.8, 4) is 12.3 Å². The van der Waals surface area contributed by atoms with Gasteiger partial charge in [-0.1, -0.05) is 18.1 Å². The predicted octanol–water partition coefficient (Wildman–Crippen LogP) is 2.55. The van der Waals surface area contributed by atoms with Crippen LogP contribution in [0.3, 0.4) is 0 Å². The lowest BCUT2D eigenvalue weighted by atomic mass is 10.0. The Morgan fingerprint density at radius 2 is 2.05 bits per heavy atom. The molecular weight excluding hydrogens is 264 g/mol. The lowest BCUT2D eigenvalue weighted by molar-refractivity contribution is 0.0195. The highest BCUT2D eigenvalue weighted by Crippen LogP contribution is 2.19. The Morgan fingerprint density at radius 3 is 2.62 bits per heavy atom. The lowest BCUT2D eigenvalue weighted by Crippen LogP contribution is -2.49. The van der Waals surface area contributed by atoms with Gasteiger partial charge in [0.2, 0.25) is 0 Å². The van der Waals surface area contributed by atoms with Crippen LogP contribution in [0.4, 0.5) is 4.79 Å². The van der Waals surface area contributed by atoms with Gasteiger partial charge >= 0.3 is 6.09 Å². The third kappa shape index (κ3) is 4.24. The topological polar surface area (TPSA) is 41.6 Å². The quantitative estimate of drug-likeness (QED) is 0.807. The summed E-state index contributed by atoms with van der Waals surface area (Å²) < 4.78 is 5.43. The summed E-state index contributed by atoms with van der Waals surface area (Å²) in [5.74, 6) is 2.60. The van der Waals surface area contributed by atoms with E-state index in [0.717, 1.165) is 17.7 Å². The Hall–Kier alpha value is -1.99. The third-order valence-electron chi connectivity index (χ3n) is 3.31. The van der Waals surface area contributed by atoms with Crippen LogP contribution in [0.1, 0.15) is 37.9 Å². The largest absolute Gasteiger partial charge is 0.444 e. The second kappa shape index (κ2) is 6.19. The van der Waals surface area contributed by atoms with Crippen LogP contribution in [-0.4, -0.2) is 36.2 Å². The molecular formula is C17H22N2O2. The number of rotatable bonds is 1. The molecule has 1 atom stereocenters. The van der Waals surface area contributed by atoms with Crippen molar-refractivity contribution in [2.45, 2.75) is 32.4 Å². The SMILES string of the molecule is C#Cc1ccc(C2CN(C(=O)OC(C)(C)C)CCN2)cc1. The van der Waals surface area contributed by atoms with E-state index in [9.17, 15) is 4.79 Å². The summed E-state index contributed by atoms with van der Waals surface area (Å²) in [5, 5.41) is 3.42.